The second-order valence-electron chi connectivity index (χ2n) is 2.09. The van der Waals surface area contributed by atoms with Crippen LogP contribution in [0.1, 0.15) is 12.6 Å². The lowest BCUT2D eigenvalue weighted by atomic mass is 10.5. The molecule has 1 heterocycles. The van der Waals surface area contributed by atoms with Crippen molar-refractivity contribution in [1.82, 2.24) is 9.97 Å². The first kappa shape index (κ1) is 9.84. The fraction of sp³-hybridized carbons (Fsp3) is 0.429. The molecule has 0 aliphatic heterocycles. The van der Waals surface area contributed by atoms with Crippen LogP contribution in [0.4, 0.5) is 0 Å². The number of aliphatic hydroxyl groups excluding tert-OH is 1. The number of nitrogens with one attached hydrogen (secondary N) is 1. The topological polar surface area (TPSA) is 66.0 Å². The van der Waals surface area contributed by atoms with E-state index in [0.717, 1.165) is 5.69 Å². The Kier molecular flexibility index (Phi) is 5.02. The van der Waals surface area contributed by atoms with Crippen LogP contribution in [0.2, 0.25) is 0 Å². The minimum absolute atomic E-state index is 0.190. The maximum Gasteiger partial charge on any atom is 0.155 e. The van der Waals surface area contributed by atoms with Gasteiger partial charge in [0.15, 0.2) is 5.78 Å². The Labute approximate surface area is 65.3 Å². The lowest BCUT2D eigenvalue weighted by molar-refractivity contribution is -0.119. The fourth-order valence-corrected chi connectivity index (χ4v) is 0.325. The van der Waals surface area contributed by atoms with Crippen LogP contribution in [-0.2, 0) is 4.79 Å². The van der Waals surface area contributed by atoms with E-state index in [1.165, 1.54) is 6.92 Å². The summed E-state index contributed by atoms with van der Waals surface area (Å²) in [6.07, 6.45) is 3.44. The number of nitrogens with zero attached hydrogens (tertiary/aromatic N) is 1. The highest BCUT2D eigenvalue weighted by atomic mass is 16.3. The van der Waals surface area contributed by atoms with Gasteiger partial charge in [0.1, 0.15) is 6.61 Å². The SMILES string of the molecule is CC(=O)CO.Cc1cnc[nH]1. The van der Waals surface area contributed by atoms with Crippen LogP contribution in [0.25, 0.3) is 0 Å². The average Bonchev–Trinajstić information content (AvgIpc) is 2.41. The van der Waals surface area contributed by atoms with E-state index in [-0.39, 0.29) is 12.4 Å². The number of rotatable bonds is 1. The van der Waals surface area contributed by atoms with Gasteiger partial charge in [-0.15, -0.1) is 0 Å². The number of hydrogen-bond acceptors (Lipinski definition) is 3. The van der Waals surface area contributed by atoms with Crippen molar-refractivity contribution in [3.63, 3.8) is 0 Å². The maximum atomic E-state index is 9.56. The minimum atomic E-state index is -0.333. The van der Waals surface area contributed by atoms with Crippen molar-refractivity contribution in [2.24, 2.45) is 0 Å². The first-order valence-electron chi connectivity index (χ1n) is 3.22. The van der Waals surface area contributed by atoms with Crippen molar-refractivity contribution in [3.8, 4) is 0 Å². The number of H-pyrrole nitrogens is 1. The molecule has 4 heteroatoms. The Morgan fingerprint density at radius 2 is 2.36 bits per heavy atom. The molecular formula is C7H12N2O2. The third-order valence-electron chi connectivity index (χ3n) is 0.858. The molecule has 0 radical (unpaired) electrons. The average molecular weight is 156 g/mol. The van der Waals surface area contributed by atoms with Gasteiger partial charge in [-0.3, -0.25) is 4.79 Å². The monoisotopic (exact) mass is 156 g/mol. The molecule has 0 fully saturated rings. The van der Waals surface area contributed by atoms with Gasteiger partial charge in [0.2, 0.25) is 0 Å². The van der Waals surface area contributed by atoms with Crippen molar-refractivity contribution in [2.75, 3.05) is 6.61 Å². The van der Waals surface area contributed by atoms with E-state index < -0.39 is 0 Å². The van der Waals surface area contributed by atoms with Crippen LogP contribution in [0.3, 0.4) is 0 Å². The van der Waals surface area contributed by atoms with Gasteiger partial charge >= 0.3 is 0 Å². The summed E-state index contributed by atoms with van der Waals surface area (Å²) in [5.74, 6) is -0.190. The van der Waals surface area contributed by atoms with E-state index in [1.807, 2.05) is 6.92 Å². The summed E-state index contributed by atoms with van der Waals surface area (Å²) in [6, 6.07) is 0. The Balaban J connectivity index is 0.000000187. The lowest BCUT2D eigenvalue weighted by Crippen LogP contribution is -1.93. The molecule has 0 aromatic carbocycles. The largest absolute Gasteiger partial charge is 0.389 e. The lowest BCUT2D eigenvalue weighted by Gasteiger charge is -1.72. The van der Waals surface area contributed by atoms with Gasteiger partial charge in [0.05, 0.1) is 6.33 Å². The van der Waals surface area contributed by atoms with E-state index in [4.69, 9.17) is 5.11 Å². The highest BCUT2D eigenvalue weighted by Crippen LogP contribution is 1.81. The van der Waals surface area contributed by atoms with E-state index >= 15 is 0 Å². The normalized spacial score (nSPS) is 8.27. The number of ketones is 1. The highest BCUT2D eigenvalue weighted by molar-refractivity contribution is 5.76. The number of aryl methyl sites for hydroxylation is 1. The van der Waals surface area contributed by atoms with Crippen molar-refractivity contribution in [1.29, 1.82) is 0 Å². The summed E-state index contributed by atoms with van der Waals surface area (Å²) in [7, 11) is 0. The van der Waals surface area contributed by atoms with Gasteiger partial charge in [-0.1, -0.05) is 0 Å². The molecule has 0 bridgehead atoms. The zero-order valence-electron chi connectivity index (χ0n) is 6.66. The summed E-state index contributed by atoms with van der Waals surface area (Å²) in [5.41, 5.74) is 1.11. The third-order valence-corrected chi connectivity index (χ3v) is 0.858. The number of imidazole rings is 1. The Bertz CT molecular complexity index is 194. The zero-order chi connectivity index (χ0) is 8.69. The first-order valence-corrected chi connectivity index (χ1v) is 3.22. The molecule has 1 aromatic rings. The number of hydrogen-bond donors (Lipinski definition) is 2. The second kappa shape index (κ2) is 5.61. The van der Waals surface area contributed by atoms with Crippen LogP contribution in [0, 0.1) is 6.92 Å². The summed E-state index contributed by atoms with van der Waals surface area (Å²) < 4.78 is 0. The molecule has 0 aliphatic rings. The fourth-order valence-electron chi connectivity index (χ4n) is 0.325. The molecule has 0 aliphatic carbocycles. The summed E-state index contributed by atoms with van der Waals surface area (Å²) in [6.45, 7) is 2.97. The number of carbonyl (C=O) groups is 1. The number of aromatic nitrogens is 2. The van der Waals surface area contributed by atoms with E-state index in [1.54, 1.807) is 12.5 Å². The maximum absolute atomic E-state index is 9.56. The minimum Gasteiger partial charge on any atom is -0.389 e. The number of Topliss-reactive ketones (excluding diaryl/α,β-unsaturated/α-hetero) is 1. The number of carbonyl (C=O) groups excluding carboxylic acids is 1. The number of aromatic amines is 1. The van der Waals surface area contributed by atoms with Crippen LogP contribution in [0.5, 0.6) is 0 Å². The molecule has 2 N–H and O–H groups in total. The van der Waals surface area contributed by atoms with Crippen molar-refractivity contribution in [2.45, 2.75) is 13.8 Å². The van der Waals surface area contributed by atoms with Gasteiger partial charge in [-0.25, -0.2) is 4.98 Å². The van der Waals surface area contributed by atoms with Crippen molar-refractivity contribution in [3.05, 3.63) is 18.2 Å². The quantitative estimate of drug-likeness (QED) is 0.614. The Morgan fingerprint density at radius 3 is 2.45 bits per heavy atom. The van der Waals surface area contributed by atoms with Gasteiger partial charge in [0.25, 0.3) is 0 Å². The molecule has 0 unspecified atom stereocenters. The van der Waals surface area contributed by atoms with Gasteiger partial charge < -0.3 is 10.1 Å². The van der Waals surface area contributed by atoms with Gasteiger partial charge in [-0.2, -0.15) is 0 Å². The van der Waals surface area contributed by atoms with Gasteiger partial charge in [-0.05, 0) is 13.8 Å². The molecule has 4 nitrogen and oxygen atoms in total. The molecule has 11 heavy (non-hydrogen) atoms. The van der Waals surface area contributed by atoms with Crippen LogP contribution < -0.4 is 0 Å². The Hall–Kier alpha value is -1.16. The van der Waals surface area contributed by atoms with E-state index in [2.05, 4.69) is 9.97 Å². The molecule has 0 atom stereocenters. The summed E-state index contributed by atoms with van der Waals surface area (Å²) >= 11 is 0. The van der Waals surface area contributed by atoms with Crippen molar-refractivity contribution >= 4 is 5.78 Å². The van der Waals surface area contributed by atoms with Crippen LogP contribution in [0.15, 0.2) is 12.5 Å². The van der Waals surface area contributed by atoms with Gasteiger partial charge in [0, 0.05) is 11.9 Å². The standard InChI is InChI=1S/C4H6N2.C3H6O2/c1-4-2-5-3-6-4;1-3(5)2-4/h2-3H,1H3,(H,5,6);4H,2H2,1H3. The molecule has 0 saturated carbocycles. The summed E-state index contributed by atoms with van der Waals surface area (Å²) in [4.78, 5) is 16.2. The van der Waals surface area contributed by atoms with Crippen LogP contribution in [-0.4, -0.2) is 27.5 Å². The van der Waals surface area contributed by atoms with E-state index in [9.17, 15) is 4.79 Å². The molecule has 0 spiro atoms. The smallest absolute Gasteiger partial charge is 0.155 e. The molecular weight excluding hydrogens is 144 g/mol. The zero-order valence-corrected chi connectivity index (χ0v) is 6.66. The molecule has 1 rings (SSSR count). The second-order valence-corrected chi connectivity index (χ2v) is 2.09. The number of aliphatic hydroxyl groups is 1. The molecule has 0 amide bonds. The van der Waals surface area contributed by atoms with Crippen molar-refractivity contribution < 1.29 is 9.90 Å². The highest BCUT2D eigenvalue weighted by Gasteiger charge is 1.78. The first-order chi connectivity index (χ1) is 5.16. The van der Waals surface area contributed by atoms with Crippen LogP contribution >= 0.6 is 0 Å². The third kappa shape index (κ3) is 6.73. The Morgan fingerprint density at radius 1 is 1.82 bits per heavy atom. The molecule has 0 saturated heterocycles. The molecule has 1 aromatic heterocycles. The molecule has 62 valence electrons. The van der Waals surface area contributed by atoms with E-state index in [0.29, 0.717) is 0 Å². The summed E-state index contributed by atoms with van der Waals surface area (Å²) in [5, 5.41) is 7.79. The predicted molar refractivity (Wildman–Crippen MR) is 41.1 cm³/mol. The predicted octanol–water partition coefficient (Wildman–Crippen LogP) is 0.286.